The average Bonchev–Trinajstić information content (AvgIpc) is 3.02. The van der Waals surface area contributed by atoms with Gasteiger partial charge >= 0.3 is 0 Å². The number of nitrogens with one attached hydrogen (secondary N) is 1. The van der Waals surface area contributed by atoms with Gasteiger partial charge in [-0.25, -0.2) is 0 Å². The molecule has 0 aliphatic rings. The van der Waals surface area contributed by atoms with Crippen LogP contribution in [0.2, 0.25) is 0 Å². The maximum atomic E-state index is 11.8. The van der Waals surface area contributed by atoms with E-state index in [1.54, 1.807) is 6.07 Å². The quantitative estimate of drug-likeness (QED) is 0.764. The van der Waals surface area contributed by atoms with E-state index in [2.05, 4.69) is 10.5 Å². The first-order chi connectivity index (χ1) is 11.6. The van der Waals surface area contributed by atoms with Crippen LogP contribution in [0.25, 0.3) is 0 Å². The molecule has 2 aromatic rings. The third-order valence-electron chi connectivity index (χ3n) is 3.38. The van der Waals surface area contributed by atoms with Crippen LogP contribution in [0.5, 0.6) is 11.6 Å². The highest BCUT2D eigenvalue weighted by Crippen LogP contribution is 2.14. The van der Waals surface area contributed by atoms with Crippen LogP contribution >= 0.6 is 0 Å². The lowest BCUT2D eigenvalue weighted by Gasteiger charge is -2.10. The van der Waals surface area contributed by atoms with Crippen molar-refractivity contribution in [2.45, 2.75) is 39.2 Å². The van der Waals surface area contributed by atoms with Crippen molar-refractivity contribution >= 4 is 5.91 Å². The molecule has 0 atom stereocenters. The first-order valence-corrected chi connectivity index (χ1v) is 8.08. The fraction of sp³-hybridized carbons (Fsp3) is 0.444. The Morgan fingerprint density at radius 1 is 1.25 bits per heavy atom. The van der Waals surface area contributed by atoms with Gasteiger partial charge in [0.25, 0.3) is 5.88 Å². The van der Waals surface area contributed by atoms with Crippen LogP contribution in [-0.4, -0.2) is 30.8 Å². The molecule has 1 amide bonds. The highest BCUT2D eigenvalue weighted by atomic mass is 16.5. The van der Waals surface area contributed by atoms with E-state index in [0.717, 1.165) is 17.7 Å². The maximum Gasteiger partial charge on any atom is 0.254 e. The van der Waals surface area contributed by atoms with Crippen molar-refractivity contribution in [3.63, 3.8) is 0 Å². The summed E-state index contributed by atoms with van der Waals surface area (Å²) in [6, 6.07) is 9.63. The van der Waals surface area contributed by atoms with E-state index in [9.17, 15) is 4.79 Å². The molecule has 0 fully saturated rings. The zero-order chi connectivity index (χ0) is 17.4. The zero-order valence-corrected chi connectivity index (χ0v) is 14.4. The first kappa shape index (κ1) is 17.8. The summed E-state index contributed by atoms with van der Waals surface area (Å²) in [5.41, 5.74) is 1.16. The molecule has 24 heavy (non-hydrogen) atoms. The molecule has 1 N–H and O–H groups in total. The first-order valence-electron chi connectivity index (χ1n) is 8.08. The molecule has 0 aliphatic heterocycles. The van der Waals surface area contributed by atoms with Crippen LogP contribution in [0.3, 0.4) is 0 Å². The Kier molecular flexibility index (Phi) is 6.66. The second-order valence-corrected chi connectivity index (χ2v) is 5.75. The number of rotatable bonds is 9. The average molecular weight is 332 g/mol. The molecule has 0 unspecified atom stereocenters. The van der Waals surface area contributed by atoms with Crippen molar-refractivity contribution in [2.24, 2.45) is 0 Å². The Balaban J connectivity index is 1.66. The fourth-order valence-electron chi connectivity index (χ4n) is 2.19. The predicted molar refractivity (Wildman–Crippen MR) is 90.3 cm³/mol. The number of carbonyl (C=O) groups excluding carboxylic acids is 1. The second-order valence-electron chi connectivity index (χ2n) is 5.75. The van der Waals surface area contributed by atoms with Crippen LogP contribution in [0.4, 0.5) is 0 Å². The van der Waals surface area contributed by atoms with Crippen LogP contribution in [0, 0.1) is 0 Å². The molecule has 1 aromatic carbocycles. The van der Waals surface area contributed by atoms with E-state index in [0.29, 0.717) is 31.0 Å². The summed E-state index contributed by atoms with van der Waals surface area (Å²) in [6.07, 6.45) is 1.81. The molecule has 6 heteroatoms. The molecule has 0 bridgehead atoms. The van der Waals surface area contributed by atoms with Gasteiger partial charge in [0.2, 0.25) is 5.91 Å². The molecule has 1 aromatic heterocycles. The number of benzene rings is 1. The van der Waals surface area contributed by atoms with Crippen molar-refractivity contribution in [3.05, 3.63) is 41.7 Å². The Hall–Kier alpha value is -2.50. The van der Waals surface area contributed by atoms with Gasteiger partial charge in [-0.05, 0) is 43.1 Å². The summed E-state index contributed by atoms with van der Waals surface area (Å²) in [7, 11) is 1.52. The standard InChI is InChI=1S/C18H24N2O4/c1-13(2)23-15-6-4-14(5-7-15)10-11-19-17(21)9-8-16-12-18(22-3)20-24-16/h4-7,12-13H,8-11H2,1-3H3,(H,19,21). The topological polar surface area (TPSA) is 73.6 Å². The number of hydrogen-bond acceptors (Lipinski definition) is 5. The van der Waals surface area contributed by atoms with Gasteiger partial charge in [-0.2, -0.15) is 0 Å². The van der Waals surface area contributed by atoms with E-state index in [-0.39, 0.29) is 12.0 Å². The third-order valence-corrected chi connectivity index (χ3v) is 3.38. The highest BCUT2D eigenvalue weighted by Gasteiger charge is 2.07. The maximum absolute atomic E-state index is 11.8. The zero-order valence-electron chi connectivity index (χ0n) is 14.4. The van der Waals surface area contributed by atoms with E-state index in [4.69, 9.17) is 14.0 Å². The van der Waals surface area contributed by atoms with Crippen molar-refractivity contribution in [1.82, 2.24) is 10.5 Å². The molecule has 0 saturated carbocycles. The largest absolute Gasteiger partial charge is 0.491 e. The van der Waals surface area contributed by atoms with E-state index < -0.39 is 0 Å². The Bertz CT molecular complexity index is 635. The molecule has 2 rings (SSSR count). The lowest BCUT2D eigenvalue weighted by molar-refractivity contribution is -0.121. The van der Waals surface area contributed by atoms with Crippen LogP contribution in [0.1, 0.15) is 31.6 Å². The van der Waals surface area contributed by atoms with Crippen LogP contribution in [-0.2, 0) is 17.6 Å². The molecule has 0 spiro atoms. The van der Waals surface area contributed by atoms with Crippen LogP contribution in [0.15, 0.2) is 34.9 Å². The lowest BCUT2D eigenvalue weighted by Crippen LogP contribution is -2.25. The molecule has 0 radical (unpaired) electrons. The number of amides is 1. The van der Waals surface area contributed by atoms with Gasteiger partial charge in [0.15, 0.2) is 0 Å². The minimum Gasteiger partial charge on any atom is -0.491 e. The number of aromatic nitrogens is 1. The molecule has 130 valence electrons. The molecular weight excluding hydrogens is 308 g/mol. The highest BCUT2D eigenvalue weighted by molar-refractivity contribution is 5.76. The van der Waals surface area contributed by atoms with E-state index >= 15 is 0 Å². The molecular formula is C18H24N2O4. The SMILES string of the molecule is COc1cc(CCC(=O)NCCc2ccc(OC(C)C)cc2)on1. The number of aryl methyl sites for hydroxylation is 1. The number of hydrogen-bond donors (Lipinski definition) is 1. The summed E-state index contributed by atoms with van der Waals surface area (Å²) in [4.78, 5) is 11.8. The molecule has 0 saturated heterocycles. The van der Waals surface area contributed by atoms with Gasteiger partial charge in [0.1, 0.15) is 11.5 Å². The van der Waals surface area contributed by atoms with Gasteiger partial charge in [-0.1, -0.05) is 12.1 Å². The Labute approximate surface area is 142 Å². The number of methoxy groups -OCH3 is 1. The Morgan fingerprint density at radius 2 is 2.00 bits per heavy atom. The fourth-order valence-corrected chi connectivity index (χ4v) is 2.19. The second kappa shape index (κ2) is 8.96. The predicted octanol–water partition coefficient (Wildman–Crippen LogP) is 2.76. The van der Waals surface area contributed by atoms with Gasteiger partial charge in [-0.15, -0.1) is 0 Å². The van der Waals surface area contributed by atoms with E-state index in [1.165, 1.54) is 7.11 Å². The van der Waals surface area contributed by atoms with Gasteiger partial charge in [0, 0.05) is 25.5 Å². The van der Waals surface area contributed by atoms with Crippen molar-refractivity contribution in [2.75, 3.05) is 13.7 Å². The van der Waals surface area contributed by atoms with Gasteiger partial charge < -0.3 is 19.3 Å². The molecule has 6 nitrogen and oxygen atoms in total. The summed E-state index contributed by atoms with van der Waals surface area (Å²) in [5, 5.41) is 6.61. The third kappa shape index (κ3) is 5.95. The normalized spacial score (nSPS) is 10.7. The Morgan fingerprint density at radius 3 is 2.62 bits per heavy atom. The monoisotopic (exact) mass is 332 g/mol. The number of ether oxygens (including phenoxy) is 2. The van der Waals surface area contributed by atoms with E-state index in [1.807, 2.05) is 38.1 Å². The minimum absolute atomic E-state index is 0.00914. The summed E-state index contributed by atoms with van der Waals surface area (Å²) in [6.45, 7) is 4.60. The number of carbonyl (C=O) groups is 1. The van der Waals surface area contributed by atoms with Gasteiger partial charge in [-0.3, -0.25) is 4.79 Å². The lowest BCUT2D eigenvalue weighted by atomic mass is 10.1. The summed E-state index contributed by atoms with van der Waals surface area (Å²) < 4.78 is 15.6. The van der Waals surface area contributed by atoms with Crippen molar-refractivity contribution in [1.29, 1.82) is 0 Å². The van der Waals surface area contributed by atoms with Crippen molar-refractivity contribution in [3.8, 4) is 11.6 Å². The smallest absolute Gasteiger partial charge is 0.254 e. The molecule has 1 heterocycles. The summed E-state index contributed by atoms with van der Waals surface area (Å²) >= 11 is 0. The van der Waals surface area contributed by atoms with Gasteiger partial charge in [0.05, 0.1) is 13.2 Å². The molecule has 0 aliphatic carbocycles. The van der Waals surface area contributed by atoms with Crippen LogP contribution < -0.4 is 14.8 Å². The van der Waals surface area contributed by atoms with Crippen molar-refractivity contribution < 1.29 is 18.8 Å². The minimum atomic E-state index is -0.00914. The summed E-state index contributed by atoms with van der Waals surface area (Å²) in [5.74, 6) is 1.92. The number of nitrogens with zero attached hydrogens (tertiary/aromatic N) is 1.